The van der Waals surface area contributed by atoms with E-state index in [1.807, 2.05) is 0 Å². The number of hydrogen-bond acceptors (Lipinski definition) is 6. The second kappa shape index (κ2) is 8.93. The van der Waals surface area contributed by atoms with Crippen LogP contribution in [0.4, 0.5) is 11.4 Å². The quantitative estimate of drug-likeness (QED) is 0.365. The summed E-state index contributed by atoms with van der Waals surface area (Å²) in [5.41, 5.74) is -0.873. The van der Waals surface area contributed by atoms with Gasteiger partial charge in [0.2, 0.25) is 0 Å². The molecule has 0 radical (unpaired) electrons. The zero-order valence-electron chi connectivity index (χ0n) is 15.9. The average Bonchev–Trinajstić information content (AvgIpc) is 2.74. The molecule has 3 aromatic carbocycles. The van der Waals surface area contributed by atoms with Crippen LogP contribution < -0.4 is 9.04 Å². The Morgan fingerprint density at radius 3 is 2.26 bits per heavy atom. The van der Waals surface area contributed by atoms with Crippen molar-refractivity contribution in [3.8, 4) is 5.75 Å². The van der Waals surface area contributed by atoms with Gasteiger partial charge in [-0.1, -0.05) is 41.4 Å². The minimum atomic E-state index is -4.43. The summed E-state index contributed by atoms with van der Waals surface area (Å²) in [4.78, 5) is 23.7. The summed E-state index contributed by atoms with van der Waals surface area (Å²) >= 11 is 12.2. The highest BCUT2D eigenvalue weighted by atomic mass is 35.5. The Labute approximate surface area is 187 Å². The normalized spacial score (nSPS) is 11.1. The maximum Gasteiger partial charge on any atom is 0.274 e. The molecule has 0 aromatic heterocycles. The van der Waals surface area contributed by atoms with E-state index in [1.165, 1.54) is 49.6 Å². The van der Waals surface area contributed by atoms with Gasteiger partial charge in [-0.15, -0.1) is 0 Å². The number of carbonyl (C=O) groups is 1. The number of nitrogens with zero attached hydrogens (tertiary/aromatic N) is 2. The molecule has 0 aliphatic heterocycles. The van der Waals surface area contributed by atoms with Crippen LogP contribution in [-0.2, 0) is 10.0 Å². The van der Waals surface area contributed by atoms with E-state index < -0.39 is 26.5 Å². The molecule has 160 valence electrons. The Bertz CT molecular complexity index is 1270. The van der Waals surface area contributed by atoms with Crippen molar-refractivity contribution in [1.29, 1.82) is 0 Å². The Morgan fingerprint density at radius 1 is 1.00 bits per heavy atom. The monoisotopic (exact) mass is 480 g/mol. The molecule has 31 heavy (non-hydrogen) atoms. The molecule has 11 heteroatoms. The topological polar surface area (TPSA) is 107 Å². The van der Waals surface area contributed by atoms with Gasteiger partial charge in [-0.05, 0) is 36.4 Å². The molecule has 0 atom stereocenters. The summed E-state index contributed by atoms with van der Waals surface area (Å²) in [6, 6.07) is 14.4. The average molecular weight is 481 g/mol. The molecule has 0 saturated heterocycles. The van der Waals surface area contributed by atoms with Crippen LogP contribution >= 0.6 is 23.2 Å². The van der Waals surface area contributed by atoms with Gasteiger partial charge in [-0.25, -0.2) is 8.42 Å². The van der Waals surface area contributed by atoms with E-state index in [0.717, 1.165) is 18.2 Å². The van der Waals surface area contributed by atoms with Crippen LogP contribution in [0.2, 0.25) is 10.0 Å². The van der Waals surface area contributed by atoms with Crippen molar-refractivity contribution < 1.29 is 22.9 Å². The van der Waals surface area contributed by atoms with Gasteiger partial charge in [0, 0.05) is 12.1 Å². The number of carbonyl (C=O) groups excluding carboxylic acids is 1. The van der Waals surface area contributed by atoms with Gasteiger partial charge in [0.25, 0.3) is 21.6 Å². The first-order valence-corrected chi connectivity index (χ1v) is 10.8. The lowest BCUT2D eigenvalue weighted by molar-refractivity contribution is -0.384. The molecule has 0 aliphatic carbocycles. The summed E-state index contributed by atoms with van der Waals surface area (Å²) in [5, 5.41) is 11.1. The van der Waals surface area contributed by atoms with Crippen molar-refractivity contribution in [3.63, 3.8) is 0 Å². The largest absolute Gasteiger partial charge is 0.495 e. The molecule has 0 fully saturated rings. The number of nitro benzene ring substituents is 1. The summed E-state index contributed by atoms with van der Waals surface area (Å²) in [6.45, 7) is 0. The van der Waals surface area contributed by atoms with Crippen LogP contribution in [0.25, 0.3) is 0 Å². The van der Waals surface area contributed by atoms with Crippen molar-refractivity contribution >= 4 is 50.5 Å². The maximum absolute atomic E-state index is 13.4. The first kappa shape index (κ1) is 22.5. The van der Waals surface area contributed by atoms with Gasteiger partial charge in [-0.3, -0.25) is 14.9 Å². The molecule has 3 rings (SSSR count). The number of sulfonamides is 1. The molecular weight excluding hydrogens is 467 g/mol. The Kier molecular flexibility index (Phi) is 6.49. The van der Waals surface area contributed by atoms with Gasteiger partial charge >= 0.3 is 0 Å². The number of rotatable bonds is 6. The second-order valence-corrected chi connectivity index (χ2v) is 8.73. The number of hydrogen-bond donors (Lipinski definition) is 0. The molecule has 0 aliphatic rings. The van der Waals surface area contributed by atoms with Gasteiger partial charge in [-0.2, -0.15) is 4.31 Å². The summed E-state index contributed by atoms with van der Waals surface area (Å²) in [7, 11) is -3.05. The number of nitro groups is 1. The Balaban J connectivity index is 2.24. The summed E-state index contributed by atoms with van der Waals surface area (Å²) in [5.74, 6) is -0.818. The number of amides is 1. The molecule has 0 heterocycles. The third-order valence-corrected chi connectivity index (χ3v) is 6.58. The van der Waals surface area contributed by atoms with Crippen LogP contribution in [0.1, 0.15) is 10.4 Å². The van der Waals surface area contributed by atoms with E-state index in [9.17, 15) is 23.3 Å². The predicted molar refractivity (Wildman–Crippen MR) is 117 cm³/mol. The lowest BCUT2D eigenvalue weighted by atomic mass is 10.2. The van der Waals surface area contributed by atoms with Gasteiger partial charge in [0.05, 0.1) is 38.2 Å². The van der Waals surface area contributed by atoms with E-state index in [2.05, 4.69) is 0 Å². The Hall–Kier alpha value is -3.14. The molecule has 0 unspecified atom stereocenters. The third-order valence-electron chi connectivity index (χ3n) is 4.23. The van der Waals surface area contributed by atoms with Crippen molar-refractivity contribution in [3.05, 3.63) is 92.5 Å². The fraction of sp³-hybridized carbons (Fsp3) is 0.0500. The Morgan fingerprint density at radius 2 is 1.68 bits per heavy atom. The number of halogens is 2. The van der Waals surface area contributed by atoms with Crippen LogP contribution in [0.15, 0.2) is 71.6 Å². The first-order chi connectivity index (χ1) is 14.7. The minimum Gasteiger partial charge on any atom is -0.495 e. The van der Waals surface area contributed by atoms with E-state index >= 15 is 0 Å². The number of anilines is 1. The number of non-ortho nitro benzene ring substituents is 1. The van der Waals surface area contributed by atoms with E-state index in [-0.39, 0.29) is 31.9 Å². The SMILES string of the molecule is COc1ccc(N(C(=O)c2cc([N+](=O)[O-])ccc2Cl)S(=O)(=O)c2ccccc2)cc1Cl. The van der Waals surface area contributed by atoms with Crippen molar-refractivity contribution in [2.45, 2.75) is 4.90 Å². The van der Waals surface area contributed by atoms with Crippen LogP contribution in [0, 0.1) is 10.1 Å². The standard InChI is InChI=1S/C20H14Cl2N2O6S/c1-30-19-10-8-13(12-18(19)22)23(31(28,29)15-5-3-2-4-6-15)20(25)16-11-14(24(26)27)7-9-17(16)21/h2-12H,1H3. The minimum absolute atomic E-state index is 0.0613. The van der Waals surface area contributed by atoms with Crippen LogP contribution in [0.5, 0.6) is 5.75 Å². The summed E-state index contributed by atoms with van der Waals surface area (Å²) in [6.07, 6.45) is 0. The number of benzene rings is 3. The highest BCUT2D eigenvalue weighted by Crippen LogP contribution is 2.34. The molecule has 0 spiro atoms. The number of methoxy groups -OCH3 is 1. The molecular formula is C20H14Cl2N2O6S. The smallest absolute Gasteiger partial charge is 0.274 e. The van der Waals surface area contributed by atoms with Crippen molar-refractivity contribution in [2.75, 3.05) is 11.4 Å². The molecule has 0 saturated carbocycles. The van der Waals surface area contributed by atoms with Crippen LogP contribution in [0.3, 0.4) is 0 Å². The molecule has 3 aromatic rings. The lowest BCUT2D eigenvalue weighted by Crippen LogP contribution is -2.37. The van der Waals surface area contributed by atoms with Crippen molar-refractivity contribution in [2.24, 2.45) is 0 Å². The zero-order valence-corrected chi connectivity index (χ0v) is 18.2. The van der Waals surface area contributed by atoms with Crippen molar-refractivity contribution in [1.82, 2.24) is 0 Å². The van der Waals surface area contributed by atoms with E-state index in [1.54, 1.807) is 6.07 Å². The molecule has 8 nitrogen and oxygen atoms in total. The first-order valence-electron chi connectivity index (χ1n) is 8.59. The second-order valence-electron chi connectivity index (χ2n) is 6.13. The van der Waals surface area contributed by atoms with Gasteiger partial charge in [0.15, 0.2) is 0 Å². The van der Waals surface area contributed by atoms with Gasteiger partial charge in [0.1, 0.15) is 5.75 Å². The maximum atomic E-state index is 13.4. The van der Waals surface area contributed by atoms with Crippen LogP contribution in [-0.4, -0.2) is 26.4 Å². The van der Waals surface area contributed by atoms with E-state index in [4.69, 9.17) is 27.9 Å². The third kappa shape index (κ3) is 4.48. The zero-order chi connectivity index (χ0) is 22.8. The molecule has 0 N–H and O–H groups in total. The lowest BCUT2D eigenvalue weighted by Gasteiger charge is -2.23. The predicted octanol–water partition coefficient (Wildman–Crippen LogP) is 4.95. The van der Waals surface area contributed by atoms with Gasteiger partial charge < -0.3 is 4.74 Å². The highest BCUT2D eigenvalue weighted by molar-refractivity contribution is 7.93. The molecule has 1 amide bonds. The number of ether oxygens (including phenoxy) is 1. The van der Waals surface area contributed by atoms with E-state index in [0.29, 0.717) is 4.31 Å². The fourth-order valence-electron chi connectivity index (χ4n) is 2.74. The fourth-order valence-corrected chi connectivity index (χ4v) is 4.61. The summed E-state index contributed by atoms with van der Waals surface area (Å²) < 4.78 is 32.4. The molecule has 0 bridgehead atoms. The highest BCUT2D eigenvalue weighted by Gasteiger charge is 2.34.